The van der Waals surface area contributed by atoms with Crippen molar-refractivity contribution in [2.24, 2.45) is 5.92 Å². The van der Waals surface area contributed by atoms with E-state index in [1.165, 1.54) is 12.1 Å². The van der Waals surface area contributed by atoms with Gasteiger partial charge in [0.2, 0.25) is 0 Å². The third-order valence-electron chi connectivity index (χ3n) is 3.96. The largest absolute Gasteiger partial charge is 0.387 e. The maximum atomic E-state index is 11.0. The Morgan fingerprint density at radius 1 is 1.47 bits per heavy atom. The SMILES string of the molecule is O=[N+]([O-])c1ccc(Cl)cc1CN1CC(O)(C2CC2)C1. The molecule has 1 saturated heterocycles. The molecule has 0 radical (unpaired) electrons. The zero-order valence-corrected chi connectivity index (χ0v) is 11.1. The number of nitro benzene ring substituents is 1. The highest BCUT2D eigenvalue weighted by atomic mass is 35.5. The van der Waals surface area contributed by atoms with Crippen LogP contribution in [0.2, 0.25) is 5.02 Å². The van der Waals surface area contributed by atoms with E-state index in [0.29, 0.717) is 36.1 Å². The number of hydrogen-bond acceptors (Lipinski definition) is 4. The molecule has 0 bridgehead atoms. The molecule has 0 unspecified atom stereocenters. The Hall–Kier alpha value is -1.17. The van der Waals surface area contributed by atoms with Gasteiger partial charge in [-0.05, 0) is 30.9 Å². The van der Waals surface area contributed by atoms with Crippen molar-refractivity contribution in [3.05, 3.63) is 38.9 Å². The minimum Gasteiger partial charge on any atom is -0.387 e. The zero-order valence-electron chi connectivity index (χ0n) is 10.4. The van der Waals surface area contributed by atoms with Crippen LogP contribution >= 0.6 is 11.6 Å². The van der Waals surface area contributed by atoms with E-state index in [4.69, 9.17) is 11.6 Å². The number of likely N-dealkylation sites (tertiary alicyclic amines) is 1. The van der Waals surface area contributed by atoms with Crippen molar-refractivity contribution in [1.29, 1.82) is 0 Å². The highest BCUT2D eigenvalue weighted by Gasteiger charge is 2.51. The van der Waals surface area contributed by atoms with E-state index in [0.717, 1.165) is 12.8 Å². The summed E-state index contributed by atoms with van der Waals surface area (Å²) in [5, 5.41) is 21.7. The van der Waals surface area contributed by atoms with E-state index in [-0.39, 0.29) is 5.69 Å². The summed E-state index contributed by atoms with van der Waals surface area (Å²) in [4.78, 5) is 12.6. The van der Waals surface area contributed by atoms with Gasteiger partial charge in [0.25, 0.3) is 5.69 Å². The van der Waals surface area contributed by atoms with Gasteiger partial charge in [-0.3, -0.25) is 15.0 Å². The van der Waals surface area contributed by atoms with Crippen LogP contribution in [0.15, 0.2) is 18.2 Å². The number of benzene rings is 1. The molecule has 1 heterocycles. The van der Waals surface area contributed by atoms with Crippen LogP contribution in [0.1, 0.15) is 18.4 Å². The molecule has 2 fully saturated rings. The van der Waals surface area contributed by atoms with Gasteiger partial charge in [0.15, 0.2) is 0 Å². The second-order valence-corrected chi connectivity index (χ2v) is 5.99. The van der Waals surface area contributed by atoms with Crippen molar-refractivity contribution >= 4 is 17.3 Å². The van der Waals surface area contributed by atoms with Crippen LogP contribution in [-0.4, -0.2) is 33.6 Å². The smallest absolute Gasteiger partial charge is 0.273 e. The van der Waals surface area contributed by atoms with Gasteiger partial charge >= 0.3 is 0 Å². The van der Waals surface area contributed by atoms with E-state index in [1.807, 2.05) is 4.90 Å². The van der Waals surface area contributed by atoms with Crippen molar-refractivity contribution in [3.63, 3.8) is 0 Å². The van der Waals surface area contributed by atoms with Crippen molar-refractivity contribution < 1.29 is 10.0 Å². The van der Waals surface area contributed by atoms with Gasteiger partial charge in [0.1, 0.15) is 0 Å². The lowest BCUT2D eigenvalue weighted by Gasteiger charge is -2.47. The zero-order chi connectivity index (χ0) is 13.6. The number of nitrogens with zero attached hydrogens (tertiary/aromatic N) is 2. The van der Waals surface area contributed by atoms with Crippen molar-refractivity contribution in [2.75, 3.05) is 13.1 Å². The van der Waals surface area contributed by atoms with E-state index in [2.05, 4.69) is 0 Å². The fraction of sp³-hybridized carbons (Fsp3) is 0.538. The molecule has 0 aromatic heterocycles. The monoisotopic (exact) mass is 282 g/mol. The average molecular weight is 283 g/mol. The summed E-state index contributed by atoms with van der Waals surface area (Å²) in [6.07, 6.45) is 2.20. The molecule has 6 heteroatoms. The molecule has 0 atom stereocenters. The maximum absolute atomic E-state index is 11.0. The molecule has 2 aliphatic rings. The molecule has 1 aliphatic heterocycles. The summed E-state index contributed by atoms with van der Waals surface area (Å²) in [7, 11) is 0. The first-order valence-corrected chi connectivity index (χ1v) is 6.73. The first-order chi connectivity index (χ1) is 8.98. The third kappa shape index (κ3) is 2.45. The second kappa shape index (κ2) is 4.44. The van der Waals surface area contributed by atoms with E-state index in [1.54, 1.807) is 6.07 Å². The molecule has 1 aliphatic carbocycles. The fourth-order valence-electron chi connectivity index (χ4n) is 2.82. The first-order valence-electron chi connectivity index (χ1n) is 6.35. The molecular weight excluding hydrogens is 268 g/mol. The minimum absolute atomic E-state index is 0.0891. The van der Waals surface area contributed by atoms with Gasteiger partial charge < -0.3 is 5.11 Å². The third-order valence-corrected chi connectivity index (χ3v) is 4.20. The van der Waals surface area contributed by atoms with Crippen LogP contribution in [0, 0.1) is 16.0 Å². The number of hydrogen-bond donors (Lipinski definition) is 1. The van der Waals surface area contributed by atoms with Crippen LogP contribution < -0.4 is 0 Å². The summed E-state index contributed by atoms with van der Waals surface area (Å²) in [5.41, 5.74) is 0.134. The predicted molar refractivity (Wildman–Crippen MR) is 71.1 cm³/mol. The quantitative estimate of drug-likeness (QED) is 0.679. The highest BCUT2D eigenvalue weighted by Crippen LogP contribution is 2.45. The normalized spacial score (nSPS) is 22.0. The fourth-order valence-corrected chi connectivity index (χ4v) is 3.01. The lowest BCUT2D eigenvalue weighted by molar-refractivity contribution is -0.385. The van der Waals surface area contributed by atoms with Crippen LogP contribution in [0.5, 0.6) is 0 Å². The summed E-state index contributed by atoms with van der Waals surface area (Å²) in [6.45, 7) is 1.66. The van der Waals surface area contributed by atoms with Gasteiger partial charge in [-0.1, -0.05) is 11.6 Å². The Balaban J connectivity index is 1.70. The number of β-amino-alcohol motifs (C(OH)–C–C–N with tert-alkyl or cyclic N) is 1. The summed E-state index contributed by atoms with van der Waals surface area (Å²) in [6, 6.07) is 4.60. The molecule has 102 valence electrons. The molecule has 5 nitrogen and oxygen atoms in total. The Bertz CT molecular complexity index is 525. The van der Waals surface area contributed by atoms with Crippen LogP contribution in [0.4, 0.5) is 5.69 Å². The molecule has 1 aromatic rings. The number of rotatable bonds is 4. The van der Waals surface area contributed by atoms with Crippen LogP contribution in [-0.2, 0) is 6.54 Å². The second-order valence-electron chi connectivity index (χ2n) is 5.55. The maximum Gasteiger partial charge on any atom is 0.273 e. The van der Waals surface area contributed by atoms with Crippen molar-refractivity contribution in [3.8, 4) is 0 Å². The topological polar surface area (TPSA) is 66.6 Å². The Morgan fingerprint density at radius 2 is 2.16 bits per heavy atom. The lowest BCUT2D eigenvalue weighted by Crippen LogP contribution is -2.62. The van der Waals surface area contributed by atoms with Crippen molar-refractivity contribution in [1.82, 2.24) is 4.90 Å². The molecule has 3 rings (SSSR count). The van der Waals surface area contributed by atoms with E-state index >= 15 is 0 Å². The molecular formula is C13H15ClN2O3. The highest BCUT2D eigenvalue weighted by molar-refractivity contribution is 6.30. The summed E-state index contributed by atoms with van der Waals surface area (Å²) in [5.74, 6) is 0.429. The van der Waals surface area contributed by atoms with Gasteiger partial charge in [-0.15, -0.1) is 0 Å². The molecule has 0 amide bonds. The molecule has 1 N–H and O–H groups in total. The van der Waals surface area contributed by atoms with E-state index < -0.39 is 10.5 Å². The van der Waals surface area contributed by atoms with Gasteiger partial charge in [0, 0.05) is 36.3 Å². The molecule has 19 heavy (non-hydrogen) atoms. The van der Waals surface area contributed by atoms with Gasteiger partial charge in [0.05, 0.1) is 10.5 Å². The Kier molecular flexibility index (Phi) is 3.00. The molecule has 1 aromatic carbocycles. The predicted octanol–water partition coefficient (Wildman–Crippen LogP) is 2.20. The molecule has 1 saturated carbocycles. The number of nitro groups is 1. The average Bonchev–Trinajstić information content (AvgIpc) is 3.10. The van der Waals surface area contributed by atoms with Crippen LogP contribution in [0.3, 0.4) is 0 Å². The minimum atomic E-state index is -0.562. The van der Waals surface area contributed by atoms with Crippen molar-refractivity contribution in [2.45, 2.75) is 25.0 Å². The standard InChI is InChI=1S/C13H15ClN2O3/c14-11-3-4-12(16(18)19)9(5-11)6-15-7-13(17,8-15)10-1-2-10/h3-5,10,17H,1-2,6-8H2. The summed E-state index contributed by atoms with van der Waals surface area (Å²) >= 11 is 5.89. The number of aliphatic hydroxyl groups is 1. The lowest BCUT2D eigenvalue weighted by atomic mass is 9.88. The van der Waals surface area contributed by atoms with Gasteiger partial charge in [-0.25, -0.2) is 0 Å². The van der Waals surface area contributed by atoms with Gasteiger partial charge in [-0.2, -0.15) is 0 Å². The summed E-state index contributed by atoms with van der Waals surface area (Å²) < 4.78 is 0. The number of halogens is 1. The first kappa shape index (κ1) is 12.8. The molecule has 0 spiro atoms. The van der Waals surface area contributed by atoms with Crippen LogP contribution in [0.25, 0.3) is 0 Å². The van der Waals surface area contributed by atoms with E-state index in [9.17, 15) is 15.2 Å². The Labute approximate surface area is 115 Å². The Morgan fingerprint density at radius 3 is 2.74 bits per heavy atom.